The standard InChI is InChI=1S/C21H28ClN3O4S2/c1-17-7-8-21(18(2)15-17)31(28,29)25(16-19-5-3-4-6-20(19)22)13-14-30(26,27)24-11-9-23-10-12-24/h3-8,15,23H,9-14,16H2,1-2H3. The number of rotatable bonds is 8. The number of aryl methyl sites for hydroxylation is 2. The molecule has 0 aromatic heterocycles. The first-order valence-corrected chi connectivity index (χ1v) is 13.5. The van der Waals surface area contributed by atoms with Gasteiger partial charge in [0.2, 0.25) is 20.0 Å². The quantitative estimate of drug-likeness (QED) is 0.620. The third-order valence-corrected chi connectivity index (χ3v) is 9.55. The molecule has 2 aromatic rings. The summed E-state index contributed by atoms with van der Waals surface area (Å²) in [4.78, 5) is 0.171. The van der Waals surface area contributed by atoms with Gasteiger partial charge in [-0.1, -0.05) is 47.5 Å². The van der Waals surface area contributed by atoms with E-state index in [0.29, 0.717) is 42.3 Å². The van der Waals surface area contributed by atoms with Crippen molar-refractivity contribution in [3.05, 3.63) is 64.2 Å². The molecule has 0 atom stereocenters. The van der Waals surface area contributed by atoms with Crippen molar-refractivity contribution in [2.24, 2.45) is 0 Å². The van der Waals surface area contributed by atoms with E-state index in [4.69, 9.17) is 11.6 Å². The van der Waals surface area contributed by atoms with Crippen molar-refractivity contribution in [3.8, 4) is 0 Å². The molecule has 0 bridgehead atoms. The summed E-state index contributed by atoms with van der Waals surface area (Å²) in [7, 11) is -7.52. The van der Waals surface area contributed by atoms with Gasteiger partial charge in [-0.05, 0) is 37.1 Å². The Bertz CT molecular complexity index is 1130. The number of halogens is 1. The third kappa shape index (κ3) is 5.85. The van der Waals surface area contributed by atoms with Crippen molar-refractivity contribution in [2.75, 3.05) is 38.5 Å². The number of piperazine rings is 1. The molecule has 1 aliphatic rings. The van der Waals surface area contributed by atoms with Gasteiger partial charge in [-0.3, -0.25) is 0 Å². The highest BCUT2D eigenvalue weighted by molar-refractivity contribution is 7.90. The van der Waals surface area contributed by atoms with E-state index < -0.39 is 20.0 Å². The van der Waals surface area contributed by atoms with Gasteiger partial charge < -0.3 is 5.32 Å². The van der Waals surface area contributed by atoms with Gasteiger partial charge in [0, 0.05) is 44.3 Å². The molecule has 31 heavy (non-hydrogen) atoms. The molecule has 2 aromatic carbocycles. The molecule has 1 aliphatic heterocycles. The summed E-state index contributed by atoms with van der Waals surface area (Å²) in [5, 5.41) is 3.56. The summed E-state index contributed by atoms with van der Waals surface area (Å²) in [6.45, 7) is 5.41. The van der Waals surface area contributed by atoms with E-state index >= 15 is 0 Å². The molecule has 0 unspecified atom stereocenters. The van der Waals surface area contributed by atoms with Crippen LogP contribution in [0.15, 0.2) is 47.4 Å². The lowest BCUT2D eigenvalue weighted by Gasteiger charge is -2.28. The molecule has 0 aliphatic carbocycles. The molecule has 0 amide bonds. The first-order chi connectivity index (χ1) is 14.6. The van der Waals surface area contributed by atoms with Crippen molar-refractivity contribution >= 4 is 31.6 Å². The fourth-order valence-corrected chi connectivity index (χ4v) is 6.98. The zero-order chi connectivity index (χ0) is 22.6. The van der Waals surface area contributed by atoms with Crippen molar-refractivity contribution in [2.45, 2.75) is 25.3 Å². The van der Waals surface area contributed by atoms with E-state index in [1.807, 2.05) is 6.92 Å². The zero-order valence-corrected chi connectivity index (χ0v) is 20.1. The van der Waals surface area contributed by atoms with Crippen LogP contribution in [0, 0.1) is 13.8 Å². The Labute approximate surface area is 190 Å². The molecular weight excluding hydrogens is 458 g/mol. The molecule has 170 valence electrons. The van der Waals surface area contributed by atoms with Crippen LogP contribution in [0.1, 0.15) is 16.7 Å². The third-order valence-electron chi connectivity index (χ3n) is 5.32. The molecule has 0 spiro atoms. The Morgan fingerprint density at radius 2 is 1.71 bits per heavy atom. The number of hydrogen-bond acceptors (Lipinski definition) is 5. The maximum atomic E-state index is 13.5. The topological polar surface area (TPSA) is 86.8 Å². The largest absolute Gasteiger partial charge is 0.314 e. The van der Waals surface area contributed by atoms with Gasteiger partial charge in [-0.2, -0.15) is 8.61 Å². The Morgan fingerprint density at radius 3 is 2.35 bits per heavy atom. The highest BCUT2D eigenvalue weighted by Gasteiger charge is 2.30. The van der Waals surface area contributed by atoms with Crippen LogP contribution in [-0.4, -0.2) is 63.9 Å². The Kier molecular flexibility index (Phi) is 7.77. The molecule has 0 radical (unpaired) electrons. The fraction of sp³-hybridized carbons (Fsp3) is 0.429. The zero-order valence-electron chi connectivity index (χ0n) is 17.7. The predicted molar refractivity (Wildman–Crippen MR) is 123 cm³/mol. The first kappa shape index (κ1) is 24.2. The van der Waals surface area contributed by atoms with Crippen LogP contribution in [0.3, 0.4) is 0 Å². The van der Waals surface area contributed by atoms with Crippen LogP contribution in [-0.2, 0) is 26.6 Å². The number of hydrogen-bond donors (Lipinski definition) is 1. The van der Waals surface area contributed by atoms with Gasteiger partial charge in [0.1, 0.15) is 0 Å². The molecular formula is C21H28ClN3O4S2. The molecule has 1 fully saturated rings. The van der Waals surface area contributed by atoms with Crippen molar-refractivity contribution < 1.29 is 16.8 Å². The van der Waals surface area contributed by atoms with E-state index in [-0.39, 0.29) is 23.7 Å². The van der Waals surface area contributed by atoms with Crippen molar-refractivity contribution in [1.82, 2.24) is 13.9 Å². The van der Waals surface area contributed by atoms with Crippen LogP contribution in [0.4, 0.5) is 0 Å². The summed E-state index contributed by atoms with van der Waals surface area (Å²) in [6, 6.07) is 12.1. The van der Waals surface area contributed by atoms with E-state index in [1.54, 1.807) is 49.4 Å². The first-order valence-electron chi connectivity index (χ1n) is 10.1. The molecule has 1 N–H and O–H groups in total. The van der Waals surface area contributed by atoms with Gasteiger partial charge in [0.05, 0.1) is 10.6 Å². The Morgan fingerprint density at radius 1 is 1.03 bits per heavy atom. The minimum atomic E-state index is -3.94. The van der Waals surface area contributed by atoms with Crippen LogP contribution in [0.25, 0.3) is 0 Å². The van der Waals surface area contributed by atoms with E-state index in [1.165, 1.54) is 8.61 Å². The molecule has 3 rings (SSSR count). The van der Waals surface area contributed by atoms with E-state index in [2.05, 4.69) is 5.32 Å². The summed E-state index contributed by atoms with van der Waals surface area (Å²) < 4.78 is 55.4. The van der Waals surface area contributed by atoms with Gasteiger partial charge in [0.15, 0.2) is 0 Å². The van der Waals surface area contributed by atoms with E-state index in [9.17, 15) is 16.8 Å². The van der Waals surface area contributed by atoms with Crippen molar-refractivity contribution in [3.63, 3.8) is 0 Å². The normalized spacial score (nSPS) is 16.0. The van der Waals surface area contributed by atoms with Gasteiger partial charge >= 0.3 is 0 Å². The second-order valence-corrected chi connectivity index (χ2v) is 12.1. The monoisotopic (exact) mass is 485 g/mol. The minimum Gasteiger partial charge on any atom is -0.314 e. The summed E-state index contributed by atoms with van der Waals surface area (Å²) in [6.07, 6.45) is 0. The smallest absolute Gasteiger partial charge is 0.243 e. The van der Waals surface area contributed by atoms with Gasteiger partial charge in [-0.25, -0.2) is 16.8 Å². The number of nitrogens with zero attached hydrogens (tertiary/aromatic N) is 2. The maximum absolute atomic E-state index is 13.5. The Hall–Kier alpha value is -1.49. The predicted octanol–water partition coefficient (Wildman–Crippen LogP) is 2.38. The highest BCUT2D eigenvalue weighted by atomic mass is 35.5. The number of sulfonamides is 2. The van der Waals surface area contributed by atoms with Crippen LogP contribution in [0.5, 0.6) is 0 Å². The van der Waals surface area contributed by atoms with Crippen molar-refractivity contribution in [1.29, 1.82) is 0 Å². The summed E-state index contributed by atoms with van der Waals surface area (Å²) >= 11 is 6.27. The lowest BCUT2D eigenvalue weighted by molar-refractivity contribution is 0.355. The van der Waals surface area contributed by atoms with Crippen LogP contribution < -0.4 is 5.32 Å². The minimum absolute atomic E-state index is 0.00754. The number of benzene rings is 2. The average molecular weight is 486 g/mol. The molecule has 1 saturated heterocycles. The lowest BCUT2D eigenvalue weighted by atomic mass is 10.2. The van der Waals surface area contributed by atoms with Gasteiger partial charge in [-0.15, -0.1) is 0 Å². The van der Waals surface area contributed by atoms with Crippen LogP contribution in [0.2, 0.25) is 5.02 Å². The lowest BCUT2D eigenvalue weighted by Crippen LogP contribution is -2.48. The average Bonchev–Trinajstić information content (AvgIpc) is 2.72. The summed E-state index contributed by atoms with van der Waals surface area (Å²) in [5.74, 6) is -0.290. The van der Waals surface area contributed by atoms with E-state index in [0.717, 1.165) is 5.56 Å². The molecule has 1 heterocycles. The van der Waals surface area contributed by atoms with Crippen LogP contribution >= 0.6 is 11.6 Å². The number of nitrogens with one attached hydrogen (secondary N) is 1. The fourth-order valence-electron chi connectivity index (χ4n) is 3.60. The van der Waals surface area contributed by atoms with Gasteiger partial charge in [0.25, 0.3) is 0 Å². The second kappa shape index (κ2) is 9.97. The Balaban J connectivity index is 1.91. The molecule has 10 heteroatoms. The maximum Gasteiger partial charge on any atom is 0.243 e. The highest BCUT2D eigenvalue weighted by Crippen LogP contribution is 2.25. The SMILES string of the molecule is Cc1ccc(S(=O)(=O)N(CCS(=O)(=O)N2CCNCC2)Cc2ccccc2Cl)c(C)c1. The molecule has 0 saturated carbocycles. The summed E-state index contributed by atoms with van der Waals surface area (Å²) in [5.41, 5.74) is 2.20. The second-order valence-electron chi connectivity index (χ2n) is 7.66. The molecule has 7 nitrogen and oxygen atoms in total.